The van der Waals surface area contributed by atoms with Crippen molar-refractivity contribution < 1.29 is 0 Å². The van der Waals surface area contributed by atoms with Crippen LogP contribution in [-0.2, 0) is 0 Å². The topological polar surface area (TPSA) is 15.3 Å². The third kappa shape index (κ3) is 3.32. The molecule has 2 aliphatic carbocycles. The van der Waals surface area contributed by atoms with Crippen molar-refractivity contribution in [1.82, 2.24) is 10.2 Å². The molecule has 1 heterocycles. The lowest BCUT2D eigenvalue weighted by atomic mass is 9.80. The first-order chi connectivity index (χ1) is 10.2. The summed E-state index contributed by atoms with van der Waals surface area (Å²) >= 11 is 0. The predicted octanol–water partition coefficient (Wildman–Crippen LogP) is 4.34. The normalized spacial score (nSPS) is 32.6. The molecule has 3 aliphatic rings. The van der Waals surface area contributed by atoms with Crippen molar-refractivity contribution >= 4 is 0 Å². The van der Waals surface area contributed by atoms with Crippen LogP contribution in [0.15, 0.2) is 0 Å². The van der Waals surface area contributed by atoms with Gasteiger partial charge in [-0.1, -0.05) is 45.4 Å². The van der Waals surface area contributed by atoms with Crippen molar-refractivity contribution in [3.8, 4) is 0 Å². The first-order valence-corrected chi connectivity index (χ1v) is 9.75. The second-order valence-electron chi connectivity index (χ2n) is 8.11. The molecule has 1 spiro atoms. The van der Waals surface area contributed by atoms with Gasteiger partial charge < -0.3 is 5.32 Å². The summed E-state index contributed by atoms with van der Waals surface area (Å²) in [4.78, 5) is 2.96. The monoisotopic (exact) mass is 292 g/mol. The van der Waals surface area contributed by atoms with E-state index in [4.69, 9.17) is 0 Å². The maximum Gasteiger partial charge on any atom is 0.0337 e. The molecule has 21 heavy (non-hydrogen) atoms. The Morgan fingerprint density at radius 1 is 1.10 bits per heavy atom. The molecule has 1 N–H and O–H groups in total. The van der Waals surface area contributed by atoms with Crippen LogP contribution in [0.3, 0.4) is 0 Å². The molecule has 0 bridgehead atoms. The minimum Gasteiger partial charge on any atom is -0.311 e. The van der Waals surface area contributed by atoms with E-state index in [2.05, 4.69) is 24.1 Å². The van der Waals surface area contributed by atoms with Gasteiger partial charge in [0.2, 0.25) is 0 Å². The maximum absolute atomic E-state index is 4.01. The Kier molecular flexibility index (Phi) is 5.27. The summed E-state index contributed by atoms with van der Waals surface area (Å²) in [5.74, 6) is 0.953. The number of rotatable bonds is 4. The predicted molar refractivity (Wildman–Crippen MR) is 90.6 cm³/mol. The molecule has 0 radical (unpaired) electrons. The van der Waals surface area contributed by atoms with E-state index in [1.54, 1.807) is 0 Å². The van der Waals surface area contributed by atoms with Gasteiger partial charge in [-0.15, -0.1) is 0 Å². The summed E-state index contributed by atoms with van der Waals surface area (Å²) in [5, 5.41) is 4.01. The van der Waals surface area contributed by atoms with Crippen molar-refractivity contribution in [3.63, 3.8) is 0 Å². The quantitative estimate of drug-likeness (QED) is 0.829. The van der Waals surface area contributed by atoms with Crippen LogP contribution >= 0.6 is 0 Å². The second kappa shape index (κ2) is 7.00. The van der Waals surface area contributed by atoms with E-state index >= 15 is 0 Å². The molecule has 122 valence electrons. The molecule has 0 aromatic heterocycles. The van der Waals surface area contributed by atoms with E-state index < -0.39 is 0 Å². The number of hydrogen-bond acceptors (Lipinski definition) is 2. The van der Waals surface area contributed by atoms with E-state index in [0.29, 0.717) is 5.54 Å². The zero-order valence-corrected chi connectivity index (χ0v) is 14.4. The highest BCUT2D eigenvalue weighted by Crippen LogP contribution is 2.40. The second-order valence-corrected chi connectivity index (χ2v) is 8.11. The van der Waals surface area contributed by atoms with Crippen molar-refractivity contribution in [2.24, 2.45) is 5.92 Å². The van der Waals surface area contributed by atoms with Gasteiger partial charge in [-0.3, -0.25) is 4.90 Å². The van der Waals surface area contributed by atoms with Crippen molar-refractivity contribution in [2.45, 2.75) is 102 Å². The minimum absolute atomic E-state index is 0.514. The molecule has 2 saturated carbocycles. The molecule has 3 fully saturated rings. The number of piperazine rings is 1. The summed E-state index contributed by atoms with van der Waals surface area (Å²) in [7, 11) is 0. The third-order valence-electron chi connectivity index (χ3n) is 6.69. The van der Waals surface area contributed by atoms with Crippen LogP contribution in [0.1, 0.15) is 84.5 Å². The lowest BCUT2D eigenvalue weighted by Crippen LogP contribution is -2.67. The van der Waals surface area contributed by atoms with Crippen LogP contribution in [0.5, 0.6) is 0 Å². The number of hydrogen-bond donors (Lipinski definition) is 1. The number of nitrogens with one attached hydrogen (secondary N) is 1. The van der Waals surface area contributed by atoms with Gasteiger partial charge in [0.25, 0.3) is 0 Å². The largest absolute Gasteiger partial charge is 0.311 e. The first kappa shape index (κ1) is 15.8. The van der Waals surface area contributed by atoms with Gasteiger partial charge in [0.1, 0.15) is 0 Å². The summed E-state index contributed by atoms with van der Waals surface area (Å²) in [6.07, 6.45) is 15.8. The van der Waals surface area contributed by atoms with E-state index in [9.17, 15) is 0 Å². The van der Waals surface area contributed by atoms with Gasteiger partial charge in [0.15, 0.2) is 0 Å². The highest BCUT2D eigenvalue weighted by molar-refractivity contribution is 5.04. The van der Waals surface area contributed by atoms with Crippen molar-refractivity contribution in [1.29, 1.82) is 0 Å². The zero-order chi connectivity index (χ0) is 14.7. The molecule has 1 saturated heterocycles. The SMILES string of the molecule is CCCC(C)N1CC(C2CCCCC2)NCC12CCCC2. The molecule has 2 heteroatoms. The summed E-state index contributed by atoms with van der Waals surface area (Å²) < 4.78 is 0. The first-order valence-electron chi connectivity index (χ1n) is 9.75. The molecule has 2 nitrogen and oxygen atoms in total. The maximum atomic E-state index is 4.01. The lowest BCUT2D eigenvalue weighted by molar-refractivity contribution is -0.00668. The Labute approximate surface area is 132 Å². The Morgan fingerprint density at radius 3 is 2.48 bits per heavy atom. The summed E-state index contributed by atoms with van der Waals surface area (Å²) in [6, 6.07) is 1.55. The van der Waals surface area contributed by atoms with Crippen LogP contribution in [0.25, 0.3) is 0 Å². The van der Waals surface area contributed by atoms with Crippen LogP contribution in [0.4, 0.5) is 0 Å². The average Bonchev–Trinajstić information content (AvgIpc) is 2.98. The fourth-order valence-corrected chi connectivity index (χ4v) is 5.46. The van der Waals surface area contributed by atoms with E-state index in [0.717, 1.165) is 18.0 Å². The van der Waals surface area contributed by atoms with Crippen molar-refractivity contribution in [2.75, 3.05) is 13.1 Å². The van der Waals surface area contributed by atoms with Gasteiger partial charge in [0, 0.05) is 30.7 Å². The highest BCUT2D eigenvalue weighted by Gasteiger charge is 2.46. The van der Waals surface area contributed by atoms with Crippen LogP contribution in [0, 0.1) is 5.92 Å². The van der Waals surface area contributed by atoms with Crippen LogP contribution < -0.4 is 5.32 Å². The number of nitrogens with zero attached hydrogens (tertiary/aromatic N) is 1. The lowest BCUT2D eigenvalue weighted by Gasteiger charge is -2.53. The Morgan fingerprint density at radius 2 is 1.81 bits per heavy atom. The average molecular weight is 293 g/mol. The summed E-state index contributed by atoms with van der Waals surface area (Å²) in [5.41, 5.74) is 0.514. The van der Waals surface area contributed by atoms with E-state index in [1.165, 1.54) is 83.7 Å². The molecular formula is C19H36N2. The fraction of sp³-hybridized carbons (Fsp3) is 1.00. The van der Waals surface area contributed by atoms with Gasteiger partial charge in [-0.2, -0.15) is 0 Å². The van der Waals surface area contributed by atoms with Gasteiger partial charge in [0.05, 0.1) is 0 Å². The van der Waals surface area contributed by atoms with Crippen molar-refractivity contribution in [3.05, 3.63) is 0 Å². The standard InChI is InChI=1S/C19H36N2/c1-3-9-16(2)21-14-18(17-10-5-4-6-11-17)20-15-19(21)12-7-8-13-19/h16-18,20H,3-15H2,1-2H3. The molecular weight excluding hydrogens is 256 g/mol. The van der Waals surface area contributed by atoms with E-state index in [-0.39, 0.29) is 0 Å². The Bertz CT molecular complexity index is 316. The molecule has 1 aliphatic heterocycles. The Balaban J connectivity index is 1.69. The Hall–Kier alpha value is -0.0800. The third-order valence-corrected chi connectivity index (χ3v) is 6.69. The smallest absolute Gasteiger partial charge is 0.0337 e. The van der Waals surface area contributed by atoms with Crippen LogP contribution in [-0.4, -0.2) is 35.6 Å². The molecule has 3 rings (SSSR count). The molecule has 2 unspecified atom stereocenters. The van der Waals surface area contributed by atoms with Gasteiger partial charge in [-0.05, 0) is 44.9 Å². The molecule has 2 atom stereocenters. The molecule has 0 aromatic rings. The van der Waals surface area contributed by atoms with Crippen LogP contribution in [0.2, 0.25) is 0 Å². The zero-order valence-electron chi connectivity index (χ0n) is 14.4. The highest BCUT2D eigenvalue weighted by atomic mass is 15.3. The molecule has 0 aromatic carbocycles. The fourth-order valence-electron chi connectivity index (χ4n) is 5.46. The molecule has 0 amide bonds. The van der Waals surface area contributed by atoms with Gasteiger partial charge >= 0.3 is 0 Å². The minimum atomic E-state index is 0.514. The van der Waals surface area contributed by atoms with E-state index in [1.807, 2.05) is 0 Å². The summed E-state index contributed by atoms with van der Waals surface area (Å²) in [6.45, 7) is 7.43. The van der Waals surface area contributed by atoms with Gasteiger partial charge in [-0.25, -0.2) is 0 Å².